The summed E-state index contributed by atoms with van der Waals surface area (Å²) in [6.45, 7) is 7.19. The van der Waals surface area contributed by atoms with Gasteiger partial charge in [0.05, 0.1) is 11.0 Å². The molecule has 22 heavy (non-hydrogen) atoms. The third-order valence-corrected chi connectivity index (χ3v) is 3.95. The zero-order valence-corrected chi connectivity index (χ0v) is 13.6. The summed E-state index contributed by atoms with van der Waals surface area (Å²) in [5.41, 5.74) is 1.81. The van der Waals surface area contributed by atoms with Crippen LogP contribution in [0.25, 0.3) is 11.0 Å². The van der Waals surface area contributed by atoms with Gasteiger partial charge in [-0.1, -0.05) is 26.0 Å². The van der Waals surface area contributed by atoms with E-state index in [9.17, 15) is 9.59 Å². The predicted octanol–water partition coefficient (Wildman–Crippen LogP) is 2.52. The maximum Gasteiger partial charge on any atom is 0.329 e. The molecular weight excluding hydrogens is 278 g/mol. The van der Waals surface area contributed by atoms with Crippen molar-refractivity contribution in [2.75, 3.05) is 0 Å². The second-order valence-electron chi connectivity index (χ2n) is 5.70. The summed E-state index contributed by atoms with van der Waals surface area (Å²) in [7, 11) is 0. The predicted molar refractivity (Wildman–Crippen MR) is 89.0 cm³/mol. The number of aromatic nitrogens is 2. The first-order valence-corrected chi connectivity index (χ1v) is 8.05. The summed E-state index contributed by atoms with van der Waals surface area (Å²) in [5.74, 6) is -0.00595. The van der Waals surface area contributed by atoms with E-state index in [1.807, 2.05) is 38.1 Å². The van der Waals surface area contributed by atoms with Gasteiger partial charge in [-0.25, -0.2) is 4.79 Å². The van der Waals surface area contributed by atoms with Crippen molar-refractivity contribution in [2.24, 2.45) is 0 Å². The van der Waals surface area contributed by atoms with Gasteiger partial charge in [0.2, 0.25) is 5.91 Å². The van der Waals surface area contributed by atoms with Gasteiger partial charge in [-0.3, -0.25) is 13.9 Å². The Balaban J connectivity index is 2.23. The van der Waals surface area contributed by atoms with Gasteiger partial charge < -0.3 is 5.32 Å². The number of hydrogen-bond acceptors (Lipinski definition) is 2. The van der Waals surface area contributed by atoms with Crippen molar-refractivity contribution in [3.63, 3.8) is 0 Å². The Bertz CT molecular complexity index is 699. The van der Waals surface area contributed by atoms with Crippen molar-refractivity contribution in [3.8, 4) is 0 Å². The van der Waals surface area contributed by atoms with Crippen molar-refractivity contribution >= 4 is 16.9 Å². The van der Waals surface area contributed by atoms with Crippen LogP contribution in [0.4, 0.5) is 0 Å². The Morgan fingerprint density at radius 2 is 1.73 bits per heavy atom. The van der Waals surface area contributed by atoms with Crippen LogP contribution in [-0.4, -0.2) is 21.1 Å². The molecule has 0 spiro atoms. The molecule has 0 radical (unpaired) electrons. The Morgan fingerprint density at radius 1 is 1.14 bits per heavy atom. The number of para-hydroxylation sites is 2. The monoisotopic (exact) mass is 303 g/mol. The molecule has 5 heteroatoms. The lowest BCUT2D eigenvalue weighted by Gasteiger charge is -2.11. The van der Waals surface area contributed by atoms with Crippen LogP contribution in [0.1, 0.15) is 40.0 Å². The largest absolute Gasteiger partial charge is 0.354 e. The number of hydrogen-bond donors (Lipinski definition) is 1. The quantitative estimate of drug-likeness (QED) is 0.854. The van der Waals surface area contributed by atoms with Gasteiger partial charge in [-0.15, -0.1) is 0 Å². The molecule has 0 aliphatic heterocycles. The summed E-state index contributed by atoms with van der Waals surface area (Å²) in [6, 6.07) is 7.94. The van der Waals surface area contributed by atoms with Crippen LogP contribution in [0.5, 0.6) is 0 Å². The van der Waals surface area contributed by atoms with Gasteiger partial charge in [0, 0.05) is 25.6 Å². The van der Waals surface area contributed by atoms with Crippen LogP contribution in [0.3, 0.4) is 0 Å². The molecule has 5 nitrogen and oxygen atoms in total. The molecule has 0 saturated carbocycles. The van der Waals surface area contributed by atoms with Gasteiger partial charge in [-0.2, -0.15) is 0 Å². The number of benzene rings is 1. The van der Waals surface area contributed by atoms with Crippen LogP contribution in [0.2, 0.25) is 0 Å². The van der Waals surface area contributed by atoms with E-state index in [2.05, 4.69) is 12.2 Å². The highest BCUT2D eigenvalue weighted by molar-refractivity contribution is 5.78. The Kier molecular flexibility index (Phi) is 5.41. The fraction of sp³-hybridized carbons (Fsp3) is 0.529. The molecule has 1 unspecified atom stereocenters. The molecule has 0 aliphatic rings. The van der Waals surface area contributed by atoms with Crippen LogP contribution >= 0.6 is 0 Å². The molecule has 0 saturated heterocycles. The highest BCUT2D eigenvalue weighted by Crippen LogP contribution is 2.13. The summed E-state index contributed by atoms with van der Waals surface area (Å²) in [6.07, 6.45) is 2.13. The number of nitrogens with one attached hydrogen (secondary N) is 1. The number of aryl methyl sites for hydroxylation is 2. The number of rotatable bonds is 7. The number of nitrogens with zero attached hydrogens (tertiary/aromatic N) is 2. The topological polar surface area (TPSA) is 56.0 Å². The van der Waals surface area contributed by atoms with Gasteiger partial charge >= 0.3 is 5.69 Å². The molecule has 1 aromatic heterocycles. The first-order valence-electron chi connectivity index (χ1n) is 8.05. The van der Waals surface area contributed by atoms with E-state index >= 15 is 0 Å². The minimum Gasteiger partial charge on any atom is -0.354 e. The molecule has 0 fully saturated rings. The highest BCUT2D eigenvalue weighted by Gasteiger charge is 2.13. The molecule has 0 bridgehead atoms. The summed E-state index contributed by atoms with van der Waals surface area (Å²) >= 11 is 0. The van der Waals surface area contributed by atoms with Crippen molar-refractivity contribution in [1.82, 2.24) is 14.5 Å². The Morgan fingerprint density at radius 3 is 2.27 bits per heavy atom. The lowest BCUT2D eigenvalue weighted by Crippen LogP contribution is -2.33. The fourth-order valence-corrected chi connectivity index (χ4v) is 2.59. The number of imidazole rings is 1. The third kappa shape index (κ3) is 3.40. The Labute approximate surface area is 130 Å². The highest BCUT2D eigenvalue weighted by atomic mass is 16.2. The van der Waals surface area contributed by atoms with Gasteiger partial charge in [-0.05, 0) is 31.9 Å². The standard InChI is InChI=1S/C17H25N3O2/c1-4-11-19-14-8-6-7-9-15(14)20(17(19)22)12-10-16(21)18-13(3)5-2/h6-9,13H,4-5,10-12H2,1-3H3,(H,18,21). The molecule has 1 amide bonds. The van der Waals surface area contributed by atoms with Crippen LogP contribution in [0.15, 0.2) is 29.1 Å². The van der Waals surface area contributed by atoms with Gasteiger partial charge in [0.25, 0.3) is 0 Å². The smallest absolute Gasteiger partial charge is 0.329 e. The lowest BCUT2D eigenvalue weighted by molar-refractivity contribution is -0.121. The zero-order valence-electron chi connectivity index (χ0n) is 13.6. The Hall–Kier alpha value is -2.04. The summed E-state index contributed by atoms with van der Waals surface area (Å²) < 4.78 is 3.50. The van der Waals surface area contributed by atoms with E-state index in [4.69, 9.17) is 0 Å². The number of carbonyl (C=O) groups is 1. The van der Waals surface area contributed by atoms with Crippen molar-refractivity contribution in [1.29, 1.82) is 0 Å². The van der Waals surface area contributed by atoms with Crippen molar-refractivity contribution < 1.29 is 4.79 Å². The molecule has 2 rings (SSSR count). The van der Waals surface area contributed by atoms with Crippen molar-refractivity contribution in [2.45, 2.75) is 59.2 Å². The zero-order chi connectivity index (χ0) is 16.1. The normalized spacial score (nSPS) is 12.5. The van der Waals surface area contributed by atoms with E-state index in [1.54, 1.807) is 9.13 Å². The maximum absolute atomic E-state index is 12.6. The third-order valence-electron chi connectivity index (χ3n) is 3.95. The SMILES string of the molecule is CCCn1c(=O)n(CCC(=O)NC(C)CC)c2ccccc21. The molecule has 0 aliphatic carbocycles. The van der Waals surface area contributed by atoms with Crippen LogP contribution in [0, 0.1) is 0 Å². The van der Waals surface area contributed by atoms with E-state index < -0.39 is 0 Å². The van der Waals surface area contributed by atoms with Crippen LogP contribution < -0.4 is 11.0 Å². The van der Waals surface area contributed by atoms with E-state index in [-0.39, 0.29) is 17.6 Å². The molecule has 1 aromatic carbocycles. The van der Waals surface area contributed by atoms with E-state index in [0.717, 1.165) is 23.9 Å². The average Bonchev–Trinajstić information content (AvgIpc) is 2.78. The number of fused-ring (bicyclic) bond motifs is 1. The van der Waals surface area contributed by atoms with E-state index in [1.165, 1.54) is 0 Å². The minimum atomic E-state index is -0.0283. The van der Waals surface area contributed by atoms with Gasteiger partial charge in [0.1, 0.15) is 0 Å². The fourth-order valence-electron chi connectivity index (χ4n) is 2.59. The molecule has 1 heterocycles. The molecule has 2 aromatic rings. The van der Waals surface area contributed by atoms with Gasteiger partial charge in [0.15, 0.2) is 0 Å². The lowest BCUT2D eigenvalue weighted by atomic mass is 10.2. The average molecular weight is 303 g/mol. The number of carbonyl (C=O) groups excluding carboxylic acids is 1. The maximum atomic E-state index is 12.6. The van der Waals surface area contributed by atoms with E-state index in [0.29, 0.717) is 19.5 Å². The second-order valence-corrected chi connectivity index (χ2v) is 5.70. The summed E-state index contributed by atoms with van der Waals surface area (Å²) in [4.78, 5) is 24.5. The molecule has 120 valence electrons. The first kappa shape index (κ1) is 16.3. The minimum absolute atomic E-state index is 0.00595. The second kappa shape index (κ2) is 7.29. The van der Waals surface area contributed by atoms with Crippen molar-refractivity contribution in [3.05, 3.63) is 34.7 Å². The van der Waals surface area contributed by atoms with Crippen LogP contribution in [-0.2, 0) is 17.9 Å². The number of amides is 1. The molecule has 1 atom stereocenters. The molecular formula is C17H25N3O2. The molecule has 1 N–H and O–H groups in total. The first-order chi connectivity index (χ1) is 10.6. The summed E-state index contributed by atoms with van der Waals surface area (Å²) in [5, 5.41) is 2.94.